The van der Waals surface area contributed by atoms with Gasteiger partial charge in [-0.15, -0.1) is 0 Å². The van der Waals surface area contributed by atoms with Crippen molar-refractivity contribution in [3.8, 4) is 0 Å². The number of aryl methyl sites for hydroxylation is 1. The maximum atomic E-state index is 9.95. The van der Waals surface area contributed by atoms with Gasteiger partial charge in [0.1, 0.15) is 0 Å². The van der Waals surface area contributed by atoms with E-state index in [1.54, 1.807) is 12.1 Å². The predicted molar refractivity (Wildman–Crippen MR) is 74.7 cm³/mol. The standard InChI is InChI=1S/C8H7NO.C4H5NO2.C2H6/c1-7-2-4-8(5-3-7)9-6-10;1-2-4(7)5-3-6;1-2/h2-5H,1H3;2-3H,1H2,(H,5,6,7);1-2H3. The Hall–Kier alpha value is -2.52. The summed E-state index contributed by atoms with van der Waals surface area (Å²) in [5, 5.41) is 1.86. The molecule has 5 nitrogen and oxygen atoms in total. The summed E-state index contributed by atoms with van der Waals surface area (Å²) in [5.41, 5.74) is 1.81. The molecule has 19 heavy (non-hydrogen) atoms. The third kappa shape index (κ3) is 11.7. The molecule has 0 aliphatic rings. The first-order chi connectivity index (χ1) is 9.13. The topological polar surface area (TPSA) is 75.6 Å². The van der Waals surface area contributed by atoms with Crippen molar-refractivity contribution in [3.05, 3.63) is 42.5 Å². The van der Waals surface area contributed by atoms with Gasteiger partial charge in [0, 0.05) is 0 Å². The first-order valence-corrected chi connectivity index (χ1v) is 5.65. The van der Waals surface area contributed by atoms with E-state index in [0.29, 0.717) is 12.1 Å². The molecule has 1 N–H and O–H groups in total. The zero-order chi connectivity index (χ0) is 15.1. The van der Waals surface area contributed by atoms with Gasteiger partial charge in [-0.3, -0.25) is 14.9 Å². The predicted octanol–water partition coefficient (Wildman–Crippen LogP) is 2.43. The lowest BCUT2D eigenvalue weighted by atomic mass is 10.2. The number of nitrogens with one attached hydrogen (secondary N) is 1. The fraction of sp³-hybridized carbons (Fsp3) is 0.214. The van der Waals surface area contributed by atoms with Crippen molar-refractivity contribution in [1.82, 2.24) is 5.32 Å². The quantitative estimate of drug-likeness (QED) is 0.393. The van der Waals surface area contributed by atoms with E-state index >= 15 is 0 Å². The molecule has 1 aromatic carbocycles. The Morgan fingerprint density at radius 2 is 1.84 bits per heavy atom. The molecule has 0 aromatic heterocycles. The number of rotatable bonds is 3. The third-order valence-corrected chi connectivity index (χ3v) is 1.60. The summed E-state index contributed by atoms with van der Waals surface area (Å²) >= 11 is 0. The zero-order valence-electron chi connectivity index (χ0n) is 11.3. The summed E-state index contributed by atoms with van der Waals surface area (Å²) in [4.78, 5) is 32.6. The minimum atomic E-state index is -0.477. The molecule has 0 bridgehead atoms. The summed E-state index contributed by atoms with van der Waals surface area (Å²) in [5.74, 6) is -0.477. The van der Waals surface area contributed by atoms with Crippen LogP contribution in [-0.2, 0) is 14.4 Å². The van der Waals surface area contributed by atoms with Crippen LogP contribution in [0.5, 0.6) is 0 Å². The number of carbonyl (C=O) groups is 2. The molecule has 0 saturated heterocycles. The maximum Gasteiger partial charge on any atom is 0.249 e. The van der Waals surface area contributed by atoms with Gasteiger partial charge in [-0.1, -0.05) is 38.1 Å². The van der Waals surface area contributed by atoms with Gasteiger partial charge in [0.2, 0.25) is 18.4 Å². The number of hydrogen-bond donors (Lipinski definition) is 1. The molecular weight excluding hydrogens is 244 g/mol. The van der Waals surface area contributed by atoms with Crippen molar-refractivity contribution >= 4 is 24.1 Å². The molecule has 102 valence electrons. The van der Waals surface area contributed by atoms with Crippen LogP contribution >= 0.6 is 0 Å². The number of amides is 2. The van der Waals surface area contributed by atoms with E-state index in [2.05, 4.69) is 11.6 Å². The summed E-state index contributed by atoms with van der Waals surface area (Å²) in [6, 6.07) is 7.35. The number of nitrogens with zero attached hydrogens (tertiary/aromatic N) is 1. The summed E-state index contributed by atoms with van der Waals surface area (Å²) < 4.78 is 0. The molecule has 1 rings (SSSR count). The van der Waals surface area contributed by atoms with Crippen LogP contribution in [0.25, 0.3) is 0 Å². The van der Waals surface area contributed by atoms with Gasteiger partial charge < -0.3 is 0 Å². The van der Waals surface area contributed by atoms with Crippen molar-refractivity contribution in [2.24, 2.45) is 4.99 Å². The second-order valence-electron chi connectivity index (χ2n) is 2.87. The molecule has 2 amide bonds. The first-order valence-electron chi connectivity index (χ1n) is 5.65. The lowest BCUT2D eigenvalue weighted by molar-refractivity contribution is -0.121. The van der Waals surface area contributed by atoms with E-state index in [-0.39, 0.29) is 0 Å². The van der Waals surface area contributed by atoms with Crippen LogP contribution in [0.2, 0.25) is 0 Å². The average molecular weight is 262 g/mol. The van der Waals surface area contributed by atoms with Crippen LogP contribution in [0.15, 0.2) is 41.9 Å². The average Bonchev–Trinajstić information content (AvgIpc) is 2.45. The molecule has 0 heterocycles. The highest BCUT2D eigenvalue weighted by atomic mass is 16.2. The molecule has 0 fully saturated rings. The number of isocyanates is 1. The molecule has 0 saturated carbocycles. The van der Waals surface area contributed by atoms with Crippen LogP contribution in [0.1, 0.15) is 19.4 Å². The zero-order valence-corrected chi connectivity index (χ0v) is 11.3. The van der Waals surface area contributed by atoms with Gasteiger partial charge in [0.05, 0.1) is 5.69 Å². The Morgan fingerprint density at radius 3 is 2.16 bits per heavy atom. The van der Waals surface area contributed by atoms with Gasteiger partial charge in [0.15, 0.2) is 0 Å². The van der Waals surface area contributed by atoms with Crippen LogP contribution in [0, 0.1) is 6.92 Å². The van der Waals surface area contributed by atoms with Gasteiger partial charge in [-0.05, 0) is 25.1 Å². The molecule has 0 unspecified atom stereocenters. The fourth-order valence-electron chi connectivity index (χ4n) is 0.789. The minimum absolute atomic E-state index is 0.310. The van der Waals surface area contributed by atoms with Crippen LogP contribution < -0.4 is 5.32 Å². The van der Waals surface area contributed by atoms with Crippen molar-refractivity contribution in [1.29, 1.82) is 0 Å². The van der Waals surface area contributed by atoms with Gasteiger partial charge >= 0.3 is 0 Å². The van der Waals surface area contributed by atoms with Crippen LogP contribution in [0.3, 0.4) is 0 Å². The Bertz CT molecular complexity index is 433. The number of imide groups is 1. The smallest absolute Gasteiger partial charge is 0.249 e. The fourth-order valence-corrected chi connectivity index (χ4v) is 0.789. The van der Waals surface area contributed by atoms with E-state index in [0.717, 1.165) is 11.6 Å². The molecule has 0 aliphatic carbocycles. The van der Waals surface area contributed by atoms with E-state index in [4.69, 9.17) is 0 Å². The van der Waals surface area contributed by atoms with Crippen LogP contribution in [-0.4, -0.2) is 18.4 Å². The first kappa shape index (κ1) is 18.8. The Labute approximate surface area is 113 Å². The summed E-state index contributed by atoms with van der Waals surface area (Å²) in [6.07, 6.45) is 2.81. The van der Waals surface area contributed by atoms with Crippen molar-refractivity contribution in [2.75, 3.05) is 0 Å². The molecule has 0 radical (unpaired) electrons. The molecule has 5 heteroatoms. The van der Waals surface area contributed by atoms with E-state index < -0.39 is 5.91 Å². The van der Waals surface area contributed by atoms with E-state index in [1.807, 2.05) is 38.2 Å². The highest BCUT2D eigenvalue weighted by Crippen LogP contribution is 2.10. The van der Waals surface area contributed by atoms with Gasteiger partial charge in [0.25, 0.3) is 0 Å². The summed E-state index contributed by atoms with van der Waals surface area (Å²) in [7, 11) is 0. The lowest BCUT2D eigenvalue weighted by Gasteiger charge is -1.89. The number of aliphatic imine (C=N–C) groups is 1. The van der Waals surface area contributed by atoms with Gasteiger partial charge in [-0.25, -0.2) is 4.79 Å². The van der Waals surface area contributed by atoms with Crippen molar-refractivity contribution < 1.29 is 14.4 Å². The molecule has 0 spiro atoms. The van der Waals surface area contributed by atoms with E-state index in [1.165, 1.54) is 6.08 Å². The highest BCUT2D eigenvalue weighted by Gasteiger charge is 1.85. The Kier molecular flexibility index (Phi) is 13.4. The van der Waals surface area contributed by atoms with E-state index in [9.17, 15) is 14.4 Å². The maximum absolute atomic E-state index is 9.95. The normalized spacial score (nSPS) is 7.32. The minimum Gasteiger partial charge on any atom is -0.295 e. The molecular formula is C14H18N2O3. The second-order valence-corrected chi connectivity index (χ2v) is 2.87. The SMILES string of the molecule is C=CC(=O)NC=O.CC.Cc1ccc(N=C=O)cc1. The monoisotopic (exact) mass is 262 g/mol. The largest absolute Gasteiger partial charge is 0.295 e. The second kappa shape index (κ2) is 13.5. The Balaban J connectivity index is 0. The lowest BCUT2D eigenvalue weighted by Crippen LogP contribution is -2.17. The van der Waals surface area contributed by atoms with Crippen LogP contribution in [0.4, 0.5) is 5.69 Å². The highest BCUT2D eigenvalue weighted by molar-refractivity contribution is 5.93. The number of carbonyl (C=O) groups excluding carboxylic acids is 3. The third-order valence-electron chi connectivity index (χ3n) is 1.60. The Morgan fingerprint density at radius 1 is 1.32 bits per heavy atom. The molecule has 0 atom stereocenters. The van der Waals surface area contributed by atoms with Crippen molar-refractivity contribution in [2.45, 2.75) is 20.8 Å². The number of hydrogen-bond acceptors (Lipinski definition) is 4. The van der Waals surface area contributed by atoms with Crippen molar-refractivity contribution in [3.63, 3.8) is 0 Å². The van der Waals surface area contributed by atoms with Gasteiger partial charge in [-0.2, -0.15) is 4.99 Å². The summed E-state index contributed by atoms with van der Waals surface area (Å²) in [6.45, 7) is 9.09. The number of benzene rings is 1. The molecule has 1 aromatic rings. The molecule has 0 aliphatic heterocycles.